The van der Waals surface area contributed by atoms with Crippen LogP contribution in [-0.2, 0) is 6.42 Å². The van der Waals surface area contributed by atoms with Gasteiger partial charge in [-0.2, -0.15) is 13.2 Å². The first-order valence-corrected chi connectivity index (χ1v) is 7.03. The van der Waals surface area contributed by atoms with Gasteiger partial charge in [-0.1, -0.05) is 24.3 Å². The van der Waals surface area contributed by atoms with Gasteiger partial charge in [0.15, 0.2) is 0 Å². The van der Waals surface area contributed by atoms with E-state index in [0.29, 0.717) is 19.4 Å². The minimum absolute atomic E-state index is 0.0131. The minimum Gasteiger partial charge on any atom is -0.387 e. The van der Waals surface area contributed by atoms with Gasteiger partial charge in [-0.15, -0.1) is 0 Å². The van der Waals surface area contributed by atoms with Crippen LogP contribution in [0, 0.1) is 5.92 Å². The van der Waals surface area contributed by atoms with Crippen molar-refractivity contribution in [3.63, 3.8) is 0 Å². The summed E-state index contributed by atoms with van der Waals surface area (Å²) >= 11 is 0. The molecule has 0 saturated carbocycles. The molecular formula is C15H18F3NO. The summed E-state index contributed by atoms with van der Waals surface area (Å²) in [5.74, 6) is -1.26. The molecule has 2 aliphatic rings. The number of halogens is 3. The largest absolute Gasteiger partial charge is 0.393 e. The van der Waals surface area contributed by atoms with Crippen molar-refractivity contribution < 1.29 is 18.3 Å². The van der Waals surface area contributed by atoms with E-state index in [1.54, 1.807) is 0 Å². The number of hydrogen-bond acceptors (Lipinski definition) is 2. The molecule has 0 radical (unpaired) electrons. The van der Waals surface area contributed by atoms with Crippen molar-refractivity contribution in [3.8, 4) is 0 Å². The van der Waals surface area contributed by atoms with Gasteiger partial charge < -0.3 is 5.11 Å². The van der Waals surface area contributed by atoms with Gasteiger partial charge in [0, 0.05) is 12.6 Å². The summed E-state index contributed by atoms with van der Waals surface area (Å²) in [6.45, 7) is 0.654. The Morgan fingerprint density at radius 2 is 1.95 bits per heavy atom. The molecule has 0 bridgehead atoms. The number of aliphatic hydroxyl groups excluding tert-OH is 1. The zero-order valence-corrected chi connectivity index (χ0v) is 11.1. The molecule has 3 atom stereocenters. The number of rotatable bonds is 1. The van der Waals surface area contributed by atoms with Crippen LogP contribution >= 0.6 is 0 Å². The Morgan fingerprint density at radius 1 is 1.20 bits per heavy atom. The Kier molecular flexibility index (Phi) is 3.50. The van der Waals surface area contributed by atoms with Gasteiger partial charge in [0.25, 0.3) is 0 Å². The van der Waals surface area contributed by atoms with E-state index < -0.39 is 18.2 Å². The summed E-state index contributed by atoms with van der Waals surface area (Å²) < 4.78 is 38.6. The fourth-order valence-electron chi connectivity index (χ4n) is 3.46. The first kappa shape index (κ1) is 13.9. The maximum atomic E-state index is 12.9. The lowest BCUT2D eigenvalue weighted by Gasteiger charge is -2.38. The lowest BCUT2D eigenvalue weighted by molar-refractivity contribution is -0.190. The molecule has 1 N–H and O–H groups in total. The van der Waals surface area contributed by atoms with E-state index in [4.69, 9.17) is 0 Å². The first-order valence-electron chi connectivity index (χ1n) is 7.03. The van der Waals surface area contributed by atoms with Crippen molar-refractivity contribution >= 4 is 0 Å². The molecule has 20 heavy (non-hydrogen) atoms. The van der Waals surface area contributed by atoms with Gasteiger partial charge in [0.05, 0.1) is 12.0 Å². The van der Waals surface area contributed by atoms with Gasteiger partial charge in [-0.25, -0.2) is 0 Å². The van der Waals surface area contributed by atoms with E-state index in [1.807, 2.05) is 29.2 Å². The van der Waals surface area contributed by atoms with Crippen molar-refractivity contribution in [2.75, 3.05) is 13.1 Å². The number of alkyl halides is 3. The van der Waals surface area contributed by atoms with Crippen LogP contribution in [-0.4, -0.2) is 35.3 Å². The smallest absolute Gasteiger partial charge is 0.387 e. The van der Waals surface area contributed by atoms with Gasteiger partial charge in [-0.05, 0) is 36.9 Å². The molecule has 3 rings (SSSR count). The second-order valence-electron chi connectivity index (χ2n) is 5.79. The van der Waals surface area contributed by atoms with Crippen LogP contribution in [0.2, 0.25) is 0 Å². The number of benzene rings is 1. The number of hydrogen-bond donors (Lipinski definition) is 1. The molecular weight excluding hydrogens is 267 g/mol. The lowest BCUT2D eigenvalue weighted by atomic mass is 9.95. The molecule has 1 aromatic carbocycles. The molecule has 0 amide bonds. The zero-order chi connectivity index (χ0) is 14.3. The summed E-state index contributed by atoms with van der Waals surface area (Å²) in [6, 6.07) is 7.37. The molecule has 1 aliphatic carbocycles. The Balaban J connectivity index is 1.75. The summed E-state index contributed by atoms with van der Waals surface area (Å²) in [5, 5.41) is 10.4. The van der Waals surface area contributed by atoms with Gasteiger partial charge in [0.1, 0.15) is 0 Å². The van der Waals surface area contributed by atoms with Gasteiger partial charge >= 0.3 is 6.18 Å². The number of fused-ring (bicyclic) bond motifs is 1. The predicted octanol–water partition coefficient (Wildman–Crippen LogP) is 2.92. The molecule has 1 heterocycles. The molecule has 110 valence electrons. The van der Waals surface area contributed by atoms with E-state index in [2.05, 4.69) is 0 Å². The van der Waals surface area contributed by atoms with E-state index in [-0.39, 0.29) is 19.0 Å². The Labute approximate surface area is 116 Å². The van der Waals surface area contributed by atoms with Crippen LogP contribution in [0.1, 0.15) is 30.1 Å². The van der Waals surface area contributed by atoms with Crippen LogP contribution in [0.3, 0.4) is 0 Å². The summed E-state index contributed by atoms with van der Waals surface area (Å²) in [7, 11) is 0. The van der Waals surface area contributed by atoms with E-state index in [1.165, 1.54) is 0 Å². The third kappa shape index (κ3) is 2.44. The minimum atomic E-state index is -4.13. The normalized spacial score (nSPS) is 31.3. The maximum Gasteiger partial charge on any atom is 0.393 e. The molecule has 1 aliphatic heterocycles. The van der Waals surface area contributed by atoms with Crippen molar-refractivity contribution in [3.05, 3.63) is 35.4 Å². The third-order valence-corrected chi connectivity index (χ3v) is 4.55. The van der Waals surface area contributed by atoms with Crippen LogP contribution in [0.15, 0.2) is 24.3 Å². The second kappa shape index (κ2) is 5.04. The SMILES string of the molecule is OC1c2ccccc2CC1N1CCCC(C(F)(F)F)C1. The van der Waals surface area contributed by atoms with Gasteiger partial charge in [-0.3, -0.25) is 4.90 Å². The second-order valence-corrected chi connectivity index (χ2v) is 5.79. The highest BCUT2D eigenvalue weighted by atomic mass is 19.4. The van der Waals surface area contributed by atoms with E-state index >= 15 is 0 Å². The molecule has 3 unspecified atom stereocenters. The van der Waals surface area contributed by atoms with Crippen molar-refractivity contribution in [2.45, 2.75) is 37.6 Å². The quantitative estimate of drug-likeness (QED) is 0.857. The number of piperidine rings is 1. The highest BCUT2D eigenvalue weighted by molar-refractivity contribution is 5.35. The molecule has 0 spiro atoms. The summed E-state index contributed by atoms with van der Waals surface area (Å²) in [6.07, 6.45) is -3.41. The third-order valence-electron chi connectivity index (χ3n) is 4.55. The highest BCUT2D eigenvalue weighted by Crippen LogP contribution is 2.39. The lowest BCUT2D eigenvalue weighted by Crippen LogP contribution is -2.48. The molecule has 1 fully saturated rings. The van der Waals surface area contributed by atoms with Crippen molar-refractivity contribution in [1.82, 2.24) is 4.90 Å². The standard InChI is InChI=1S/C15H18F3NO/c16-15(17,18)11-5-3-7-19(9-11)13-8-10-4-1-2-6-12(10)14(13)20/h1-2,4,6,11,13-14,20H,3,5,7-9H2. The Hall–Kier alpha value is -1.07. The first-order chi connectivity index (χ1) is 9.47. The molecule has 1 aromatic rings. The summed E-state index contributed by atoms with van der Waals surface area (Å²) in [4.78, 5) is 1.83. The molecule has 0 aromatic heterocycles. The van der Waals surface area contributed by atoms with Crippen molar-refractivity contribution in [2.24, 2.45) is 5.92 Å². The van der Waals surface area contributed by atoms with Crippen LogP contribution in [0.25, 0.3) is 0 Å². The molecule has 5 heteroatoms. The maximum absolute atomic E-state index is 12.9. The Bertz CT molecular complexity index is 488. The zero-order valence-electron chi connectivity index (χ0n) is 11.1. The fraction of sp³-hybridized carbons (Fsp3) is 0.600. The van der Waals surface area contributed by atoms with Crippen molar-refractivity contribution in [1.29, 1.82) is 0 Å². The molecule has 2 nitrogen and oxygen atoms in total. The van der Waals surface area contributed by atoms with Crippen LogP contribution in [0.5, 0.6) is 0 Å². The van der Waals surface area contributed by atoms with E-state index in [0.717, 1.165) is 11.1 Å². The fourth-order valence-corrected chi connectivity index (χ4v) is 3.46. The predicted molar refractivity (Wildman–Crippen MR) is 69.2 cm³/mol. The Morgan fingerprint density at radius 3 is 2.65 bits per heavy atom. The van der Waals surface area contributed by atoms with E-state index in [9.17, 15) is 18.3 Å². The number of aliphatic hydroxyl groups is 1. The van der Waals surface area contributed by atoms with Crippen LogP contribution in [0.4, 0.5) is 13.2 Å². The number of nitrogens with zero attached hydrogens (tertiary/aromatic N) is 1. The number of likely N-dealkylation sites (tertiary alicyclic amines) is 1. The van der Waals surface area contributed by atoms with Crippen LogP contribution < -0.4 is 0 Å². The average Bonchev–Trinajstić information content (AvgIpc) is 2.76. The average molecular weight is 285 g/mol. The topological polar surface area (TPSA) is 23.5 Å². The van der Waals surface area contributed by atoms with Gasteiger partial charge in [0.2, 0.25) is 0 Å². The highest BCUT2D eigenvalue weighted by Gasteiger charge is 2.45. The molecule has 1 saturated heterocycles. The monoisotopic (exact) mass is 285 g/mol. The summed E-state index contributed by atoms with van der Waals surface area (Å²) in [5.41, 5.74) is 1.92.